The molecule has 1 aliphatic heterocycles. The van der Waals surface area contributed by atoms with E-state index in [0.29, 0.717) is 15.1 Å². The van der Waals surface area contributed by atoms with Crippen LogP contribution in [0.1, 0.15) is 182 Å². The molecule has 1 aliphatic rings. The Kier molecular flexibility index (Phi) is 27.3. The monoisotopic (exact) mass is 1500 g/mol. The lowest BCUT2D eigenvalue weighted by atomic mass is 9.88. The standard InChI is InChI=1S/C42H62O2S4Si2.C24H41BO3S2Si.C6H4Br2/c1-41(2,3)49(7,8)43-25-17-13-11-15-19-33-27-37-39(45-33)29-35(47-37)31-21-23-32(24-22-31)36-30-40-38(48-36)28-34(46-40)20-16-12-14-18-26-44-50(9,10)42(4,5)6;1-22(2,3)31(8,9)26-15-13-11-10-12-14-18-16-19-20(29-18)17-21(30-19)25-27-23(4,5)24(6,7)28-25;7-5-1-2-6(8)4-3-5/h21-24,27-30H,11-20,25-26H2,1-10H3;16-17H,10-15H2,1-9H3;1-4H. The molecule has 0 N–H and O–H groups in total. The minimum absolute atomic E-state index is 0.244. The van der Waals surface area contributed by atoms with E-state index in [1.807, 2.05) is 92.3 Å². The van der Waals surface area contributed by atoms with Crippen LogP contribution in [0.25, 0.3) is 49.1 Å². The molecule has 0 amide bonds. The second-order valence-electron chi connectivity index (χ2n) is 30.1. The number of benzene rings is 2. The highest BCUT2D eigenvalue weighted by molar-refractivity contribution is 9.11. The maximum atomic E-state index is 6.35. The van der Waals surface area contributed by atoms with Crippen LogP contribution >= 0.6 is 99.9 Å². The number of rotatable bonds is 27. The number of fused-ring (bicyclic) bond motifs is 3. The summed E-state index contributed by atoms with van der Waals surface area (Å²) in [5.41, 5.74) is 2.10. The van der Waals surface area contributed by atoms with E-state index in [1.54, 1.807) is 0 Å². The molecule has 17 heteroatoms. The van der Waals surface area contributed by atoms with Crippen LogP contribution < -0.4 is 4.78 Å². The van der Waals surface area contributed by atoms with Gasteiger partial charge < -0.3 is 22.6 Å². The molecular formula is C72H107BBr2O5S6Si3. The average Bonchev–Trinajstić information content (AvgIpc) is 1.96. The maximum absolute atomic E-state index is 6.35. The van der Waals surface area contributed by atoms with Crippen molar-refractivity contribution < 1.29 is 22.6 Å². The van der Waals surface area contributed by atoms with E-state index in [0.717, 1.165) is 28.8 Å². The van der Waals surface area contributed by atoms with Crippen LogP contribution in [0, 0.1) is 0 Å². The van der Waals surface area contributed by atoms with Gasteiger partial charge in [0.15, 0.2) is 25.0 Å². The molecule has 9 rings (SSSR count). The van der Waals surface area contributed by atoms with Crippen LogP contribution in [-0.2, 0) is 41.8 Å². The molecule has 0 aliphatic carbocycles. The highest BCUT2D eigenvalue weighted by Crippen LogP contribution is 2.44. The molecule has 0 unspecified atom stereocenters. The summed E-state index contributed by atoms with van der Waals surface area (Å²) in [4.78, 5) is 7.33. The van der Waals surface area contributed by atoms with Crippen molar-refractivity contribution in [2.24, 2.45) is 0 Å². The van der Waals surface area contributed by atoms with Crippen molar-refractivity contribution in [2.45, 2.75) is 252 Å². The first kappa shape index (κ1) is 75.3. The Balaban J connectivity index is 0.000000244. The SMILES string of the molecule is Brc1ccc(Br)cc1.CC(C)(C)[Si](C)(C)OCCCCCCc1cc2sc(-c3ccc(-c4cc5sc(CCCCCCO[Si](C)(C)C(C)(C)C)cc5s4)cc3)cc2s1.CC1(C)OB(c2cc3sc(CCCCCCO[Si](C)(C)C(C)(C)C)cc3s2)OC1(C)C. The van der Waals surface area contributed by atoms with E-state index < -0.39 is 25.0 Å². The number of halogens is 2. The topological polar surface area (TPSA) is 46.2 Å². The van der Waals surface area contributed by atoms with Crippen molar-refractivity contribution in [1.29, 1.82) is 0 Å². The summed E-state index contributed by atoms with van der Waals surface area (Å²) in [5, 5.41) is 0.912. The lowest BCUT2D eigenvalue weighted by Crippen LogP contribution is -2.41. The minimum atomic E-state index is -1.60. The van der Waals surface area contributed by atoms with E-state index in [9.17, 15) is 0 Å². The molecule has 7 heterocycles. The lowest BCUT2D eigenvalue weighted by Gasteiger charge is -2.36. The van der Waals surface area contributed by atoms with Crippen LogP contribution in [-0.4, -0.2) is 63.1 Å². The summed E-state index contributed by atoms with van der Waals surface area (Å²) in [6.45, 7) is 46.2. The van der Waals surface area contributed by atoms with Crippen molar-refractivity contribution in [3.05, 3.63) is 109 Å². The highest BCUT2D eigenvalue weighted by atomic mass is 79.9. The van der Waals surface area contributed by atoms with E-state index >= 15 is 0 Å². The molecule has 8 aromatic rings. The number of thiophene rings is 6. The molecule has 0 spiro atoms. The van der Waals surface area contributed by atoms with Crippen LogP contribution in [0.5, 0.6) is 0 Å². The van der Waals surface area contributed by atoms with Gasteiger partial charge in [0, 0.05) is 86.1 Å². The van der Waals surface area contributed by atoms with Gasteiger partial charge in [-0.05, 0) is 212 Å². The summed E-state index contributed by atoms with van der Waals surface area (Å²) in [5.74, 6) is 0. The van der Waals surface area contributed by atoms with E-state index in [2.05, 4.69) is 222 Å². The molecule has 1 saturated heterocycles. The van der Waals surface area contributed by atoms with Crippen LogP contribution in [0.2, 0.25) is 54.4 Å². The molecule has 6 aromatic heterocycles. The third-order valence-corrected chi connectivity index (χ3v) is 41.1. The van der Waals surface area contributed by atoms with Gasteiger partial charge in [0.1, 0.15) is 0 Å². The van der Waals surface area contributed by atoms with Crippen LogP contribution in [0.4, 0.5) is 0 Å². The molecule has 1 fully saturated rings. The summed E-state index contributed by atoms with van der Waals surface area (Å²) in [6.07, 6.45) is 18.6. The van der Waals surface area contributed by atoms with Crippen molar-refractivity contribution in [1.82, 2.24) is 0 Å². The Morgan fingerprint density at radius 3 is 0.955 bits per heavy atom. The van der Waals surface area contributed by atoms with Gasteiger partial charge in [-0.15, -0.1) is 68.0 Å². The number of aryl methyl sites for hydroxylation is 3. The number of hydrogen-bond donors (Lipinski definition) is 0. The minimum Gasteiger partial charge on any atom is -0.417 e. The van der Waals surface area contributed by atoms with Crippen LogP contribution in [0.3, 0.4) is 0 Å². The molecule has 0 saturated carbocycles. The zero-order chi connectivity index (χ0) is 65.2. The van der Waals surface area contributed by atoms with Crippen molar-refractivity contribution >= 4 is 165 Å². The Morgan fingerprint density at radius 1 is 0.382 bits per heavy atom. The van der Waals surface area contributed by atoms with Gasteiger partial charge in [0.25, 0.3) is 0 Å². The third kappa shape index (κ3) is 21.7. The molecule has 5 nitrogen and oxygen atoms in total. The fourth-order valence-electron chi connectivity index (χ4n) is 9.53. The highest BCUT2D eigenvalue weighted by Gasteiger charge is 2.52. The second kappa shape index (κ2) is 32.3. The molecule has 0 atom stereocenters. The zero-order valence-corrected chi connectivity index (χ0v) is 68.7. The Labute approximate surface area is 583 Å². The Hall–Kier alpha value is -1.10. The van der Waals surface area contributed by atoms with Gasteiger partial charge in [-0.2, -0.15) is 0 Å². The van der Waals surface area contributed by atoms with Crippen molar-refractivity contribution in [3.8, 4) is 20.9 Å². The third-order valence-electron chi connectivity index (χ3n) is 19.3. The van der Waals surface area contributed by atoms with Gasteiger partial charge in [0.2, 0.25) is 0 Å². The van der Waals surface area contributed by atoms with Gasteiger partial charge in [0.05, 0.1) is 11.2 Å². The maximum Gasteiger partial charge on any atom is 0.505 e. The fourth-order valence-corrected chi connectivity index (χ4v) is 20.7. The normalized spacial score (nSPS) is 14.9. The quantitative estimate of drug-likeness (QED) is 0.0379. The van der Waals surface area contributed by atoms with Crippen molar-refractivity contribution in [2.75, 3.05) is 19.8 Å². The van der Waals surface area contributed by atoms with Crippen LogP contribution in [0.15, 0.2) is 93.9 Å². The van der Waals surface area contributed by atoms with Gasteiger partial charge in [-0.25, -0.2) is 0 Å². The van der Waals surface area contributed by atoms with E-state index in [4.69, 9.17) is 22.6 Å². The Morgan fingerprint density at radius 2 is 0.663 bits per heavy atom. The molecule has 0 bridgehead atoms. The van der Waals surface area contributed by atoms with E-state index in [-0.39, 0.29) is 18.3 Å². The fraction of sp³-hybridized carbons (Fsp3) is 0.583. The van der Waals surface area contributed by atoms with Gasteiger partial charge >= 0.3 is 7.12 Å². The van der Waals surface area contributed by atoms with Gasteiger partial charge in [-0.3, -0.25) is 0 Å². The lowest BCUT2D eigenvalue weighted by molar-refractivity contribution is 0.00578. The smallest absolute Gasteiger partial charge is 0.417 e. The first-order valence-corrected chi connectivity index (χ1v) is 48.1. The molecule has 89 heavy (non-hydrogen) atoms. The zero-order valence-electron chi connectivity index (χ0n) is 57.6. The predicted molar refractivity (Wildman–Crippen MR) is 417 cm³/mol. The summed E-state index contributed by atoms with van der Waals surface area (Å²) in [6, 6.07) is 31.6. The Bertz CT molecular complexity index is 3180. The van der Waals surface area contributed by atoms with Crippen molar-refractivity contribution in [3.63, 3.8) is 0 Å². The van der Waals surface area contributed by atoms with E-state index in [1.165, 1.54) is 165 Å². The largest absolute Gasteiger partial charge is 0.505 e. The molecular weight excluding hydrogens is 1390 g/mol. The summed E-state index contributed by atoms with van der Waals surface area (Å²) in [7, 11) is -5.03. The van der Waals surface area contributed by atoms with Gasteiger partial charge in [-0.1, -0.05) is 157 Å². The number of hydrogen-bond acceptors (Lipinski definition) is 11. The first-order valence-electron chi connectivity index (χ1n) is 32.9. The molecule has 490 valence electrons. The first-order chi connectivity index (χ1) is 41.5. The summed E-state index contributed by atoms with van der Waals surface area (Å²) >= 11 is 18.3. The molecule has 0 radical (unpaired) electrons. The molecule has 2 aromatic carbocycles. The number of unbranched alkanes of at least 4 members (excludes halogenated alkanes) is 9. The second-order valence-corrected chi connectivity index (χ2v) is 53.2. The predicted octanol–water partition coefficient (Wildman–Crippen LogP) is 26.4. The average molecular weight is 1500 g/mol. The summed E-state index contributed by atoms with van der Waals surface area (Å²) < 4.78 is 43.3.